The molecule has 1 aliphatic carbocycles. The molecule has 3 rings (SSSR count). The van der Waals surface area contributed by atoms with E-state index >= 15 is 0 Å². The number of fused-ring (bicyclic) bond motifs is 1. The molecule has 5 nitrogen and oxygen atoms in total. The summed E-state index contributed by atoms with van der Waals surface area (Å²) in [5.74, 6) is 0.369. The van der Waals surface area contributed by atoms with Gasteiger partial charge in [-0.15, -0.1) is 0 Å². The number of nitrogens with zero attached hydrogens (tertiary/aromatic N) is 1. The Morgan fingerprint density at radius 2 is 2.04 bits per heavy atom. The maximum atomic E-state index is 13.0. The molecule has 7 heteroatoms. The Bertz CT molecular complexity index is 779. The minimum atomic E-state index is -3.64. The molecule has 0 spiro atoms. The predicted molar refractivity (Wildman–Crippen MR) is 102 cm³/mol. The number of nitrogens with one attached hydrogen (secondary N) is 1. The van der Waals surface area contributed by atoms with Crippen LogP contribution in [0, 0.1) is 5.92 Å². The summed E-state index contributed by atoms with van der Waals surface area (Å²) in [6.07, 6.45) is 5.32. The molecule has 1 aliphatic heterocycles. The highest BCUT2D eigenvalue weighted by Gasteiger charge is 2.31. The molecule has 1 saturated carbocycles. The average Bonchev–Trinajstić information content (AvgIpc) is 2.98. The van der Waals surface area contributed by atoms with Crippen LogP contribution in [0.5, 0.6) is 0 Å². The standard InChI is InChI=1S/C18H25BrN2O3S/c1-3-18(22)21-9-8-13-10-14(19)17(11-16(13)21)25(23,24)20-15-7-5-4-6-12(15)2/h10-12,15,20H,3-9H2,1-2H3/t12-,15-/m1/s1. The monoisotopic (exact) mass is 428 g/mol. The molecular formula is C18H25BrN2O3S. The van der Waals surface area contributed by atoms with E-state index in [0.717, 1.165) is 43.4 Å². The first kappa shape index (κ1) is 18.9. The summed E-state index contributed by atoms with van der Waals surface area (Å²) in [6.45, 7) is 4.54. The normalized spacial score (nSPS) is 23.6. The summed E-state index contributed by atoms with van der Waals surface area (Å²) < 4.78 is 29.4. The highest BCUT2D eigenvalue weighted by atomic mass is 79.9. The van der Waals surface area contributed by atoms with Gasteiger partial charge in [-0.25, -0.2) is 13.1 Å². The molecule has 0 saturated heterocycles. The lowest BCUT2D eigenvalue weighted by Gasteiger charge is -2.29. The molecule has 1 heterocycles. The second kappa shape index (κ2) is 7.37. The Hall–Kier alpha value is -0.920. The predicted octanol–water partition coefficient (Wildman–Crippen LogP) is 3.61. The van der Waals surface area contributed by atoms with Crippen molar-refractivity contribution >= 4 is 37.5 Å². The number of carbonyl (C=O) groups excluding carboxylic acids is 1. The molecule has 0 aromatic heterocycles. The number of sulfonamides is 1. The van der Waals surface area contributed by atoms with Gasteiger partial charge in [0.05, 0.1) is 4.90 Å². The summed E-state index contributed by atoms with van der Waals surface area (Å²) in [6, 6.07) is 3.47. The summed E-state index contributed by atoms with van der Waals surface area (Å²) in [5, 5.41) is 0. The van der Waals surface area contributed by atoms with Gasteiger partial charge in [0.1, 0.15) is 0 Å². The van der Waals surface area contributed by atoms with E-state index in [1.54, 1.807) is 11.0 Å². The SMILES string of the molecule is CCC(=O)N1CCc2cc(Br)c(S(=O)(=O)N[C@@H]3CCCC[C@H]3C)cc21. The van der Waals surface area contributed by atoms with Crippen LogP contribution in [0.2, 0.25) is 0 Å². The Kier molecular flexibility index (Phi) is 5.56. The molecule has 1 amide bonds. The van der Waals surface area contributed by atoms with Crippen LogP contribution in [-0.2, 0) is 21.2 Å². The zero-order valence-corrected chi connectivity index (χ0v) is 17.1. The molecule has 0 unspecified atom stereocenters. The summed E-state index contributed by atoms with van der Waals surface area (Å²) >= 11 is 3.42. The molecule has 0 radical (unpaired) electrons. The molecule has 2 aliphatic rings. The van der Waals surface area contributed by atoms with E-state index in [9.17, 15) is 13.2 Å². The van der Waals surface area contributed by atoms with E-state index in [0.29, 0.717) is 23.4 Å². The van der Waals surface area contributed by atoms with Crippen molar-refractivity contribution < 1.29 is 13.2 Å². The first-order valence-corrected chi connectivity index (χ1v) is 11.3. The maximum Gasteiger partial charge on any atom is 0.242 e. The van der Waals surface area contributed by atoms with Gasteiger partial charge in [0, 0.05) is 29.2 Å². The van der Waals surface area contributed by atoms with Crippen molar-refractivity contribution in [3.05, 3.63) is 22.2 Å². The first-order chi connectivity index (χ1) is 11.8. The highest BCUT2D eigenvalue weighted by Crippen LogP contribution is 2.36. The van der Waals surface area contributed by atoms with Gasteiger partial charge in [0.15, 0.2) is 0 Å². The van der Waals surface area contributed by atoms with Crippen molar-refractivity contribution in [2.75, 3.05) is 11.4 Å². The smallest absolute Gasteiger partial charge is 0.242 e. The summed E-state index contributed by atoms with van der Waals surface area (Å²) in [4.78, 5) is 14.1. The third kappa shape index (κ3) is 3.78. The van der Waals surface area contributed by atoms with Crippen LogP contribution in [-0.4, -0.2) is 26.9 Å². The molecule has 1 fully saturated rings. The lowest BCUT2D eigenvalue weighted by molar-refractivity contribution is -0.118. The van der Waals surface area contributed by atoms with Crippen LogP contribution in [0.4, 0.5) is 5.69 Å². The number of benzene rings is 1. The number of carbonyl (C=O) groups is 1. The van der Waals surface area contributed by atoms with Gasteiger partial charge in [-0.05, 0) is 58.8 Å². The Morgan fingerprint density at radius 3 is 2.72 bits per heavy atom. The van der Waals surface area contributed by atoms with Gasteiger partial charge >= 0.3 is 0 Å². The molecule has 138 valence electrons. The van der Waals surface area contributed by atoms with Crippen molar-refractivity contribution in [3.63, 3.8) is 0 Å². The van der Waals surface area contributed by atoms with Crippen LogP contribution in [0.1, 0.15) is 51.5 Å². The minimum absolute atomic E-state index is 0.0210. The van der Waals surface area contributed by atoms with E-state index < -0.39 is 10.0 Å². The number of anilines is 1. The second-order valence-corrected chi connectivity index (χ2v) is 9.59. The molecule has 2 atom stereocenters. The fourth-order valence-corrected chi connectivity index (χ4v) is 6.29. The van der Waals surface area contributed by atoms with E-state index in [2.05, 4.69) is 27.6 Å². The lowest BCUT2D eigenvalue weighted by atomic mass is 9.87. The average molecular weight is 429 g/mol. The second-order valence-electron chi connectivity index (χ2n) is 7.05. The molecule has 1 aromatic carbocycles. The Balaban J connectivity index is 1.92. The zero-order valence-electron chi connectivity index (χ0n) is 14.7. The third-order valence-corrected chi connectivity index (χ3v) is 7.79. The molecular weight excluding hydrogens is 404 g/mol. The van der Waals surface area contributed by atoms with Crippen molar-refractivity contribution in [2.24, 2.45) is 5.92 Å². The van der Waals surface area contributed by atoms with Gasteiger partial charge in [-0.3, -0.25) is 4.79 Å². The Morgan fingerprint density at radius 1 is 1.32 bits per heavy atom. The van der Waals surface area contributed by atoms with Gasteiger partial charge < -0.3 is 4.90 Å². The fourth-order valence-electron chi connectivity index (χ4n) is 3.80. The number of rotatable bonds is 4. The number of amides is 1. The van der Waals surface area contributed by atoms with Crippen LogP contribution >= 0.6 is 15.9 Å². The van der Waals surface area contributed by atoms with Crippen molar-refractivity contribution in [1.82, 2.24) is 4.72 Å². The van der Waals surface area contributed by atoms with Gasteiger partial charge in [0.25, 0.3) is 0 Å². The quantitative estimate of drug-likeness (QED) is 0.796. The van der Waals surface area contributed by atoms with E-state index in [1.807, 2.05) is 13.0 Å². The fraction of sp³-hybridized carbons (Fsp3) is 0.611. The van der Waals surface area contributed by atoms with E-state index in [-0.39, 0.29) is 16.8 Å². The summed E-state index contributed by atoms with van der Waals surface area (Å²) in [7, 11) is -3.64. The molecule has 1 N–H and O–H groups in total. The third-order valence-electron chi connectivity index (χ3n) is 5.34. The summed E-state index contributed by atoms with van der Waals surface area (Å²) in [5.41, 5.74) is 1.74. The van der Waals surface area contributed by atoms with Crippen LogP contribution in [0.15, 0.2) is 21.5 Å². The number of hydrogen-bond acceptors (Lipinski definition) is 3. The van der Waals surface area contributed by atoms with E-state index in [4.69, 9.17) is 0 Å². The van der Waals surface area contributed by atoms with Crippen LogP contribution in [0.3, 0.4) is 0 Å². The van der Waals surface area contributed by atoms with Gasteiger partial charge in [0.2, 0.25) is 15.9 Å². The van der Waals surface area contributed by atoms with Crippen LogP contribution in [0.25, 0.3) is 0 Å². The highest BCUT2D eigenvalue weighted by molar-refractivity contribution is 9.10. The van der Waals surface area contributed by atoms with Gasteiger partial charge in [-0.2, -0.15) is 0 Å². The zero-order chi connectivity index (χ0) is 18.2. The van der Waals surface area contributed by atoms with Crippen molar-refractivity contribution in [1.29, 1.82) is 0 Å². The van der Waals surface area contributed by atoms with Crippen molar-refractivity contribution in [3.8, 4) is 0 Å². The molecule has 25 heavy (non-hydrogen) atoms. The number of halogens is 1. The van der Waals surface area contributed by atoms with Crippen molar-refractivity contribution in [2.45, 2.75) is 63.3 Å². The lowest BCUT2D eigenvalue weighted by Crippen LogP contribution is -2.41. The van der Waals surface area contributed by atoms with Gasteiger partial charge in [-0.1, -0.05) is 26.7 Å². The number of hydrogen-bond donors (Lipinski definition) is 1. The largest absolute Gasteiger partial charge is 0.312 e. The molecule has 1 aromatic rings. The Labute approximate surface area is 158 Å². The van der Waals surface area contributed by atoms with Crippen LogP contribution < -0.4 is 9.62 Å². The van der Waals surface area contributed by atoms with E-state index in [1.165, 1.54) is 0 Å². The topological polar surface area (TPSA) is 66.5 Å². The molecule has 0 bridgehead atoms. The first-order valence-electron chi connectivity index (χ1n) is 8.98. The maximum absolute atomic E-state index is 13.0. The minimum Gasteiger partial charge on any atom is -0.312 e.